The van der Waals surface area contributed by atoms with E-state index in [9.17, 15) is 0 Å². The molecule has 2 rings (SSSR count). The highest BCUT2D eigenvalue weighted by Gasteiger charge is 2.12. The average molecular weight is 233 g/mol. The maximum absolute atomic E-state index is 5.84. The van der Waals surface area contributed by atoms with Gasteiger partial charge in [-0.15, -0.1) is 0 Å². The van der Waals surface area contributed by atoms with Crippen LogP contribution in [0.5, 0.6) is 0 Å². The number of aryl methyl sites for hydroxylation is 1. The summed E-state index contributed by atoms with van der Waals surface area (Å²) in [6, 6.07) is 6.27. The van der Waals surface area contributed by atoms with Crippen molar-refractivity contribution in [2.45, 2.75) is 19.8 Å². The fraction of sp³-hybridized carbons (Fsp3) is 0.571. The number of rotatable bonds is 4. The molecule has 0 aliphatic carbocycles. The zero-order chi connectivity index (χ0) is 12.3. The molecule has 1 aromatic rings. The zero-order valence-corrected chi connectivity index (χ0v) is 10.9. The molecule has 1 heterocycles. The number of hydrogen-bond acceptors (Lipinski definition) is 3. The number of likely N-dealkylation sites (tertiary alicyclic amines) is 1. The van der Waals surface area contributed by atoms with E-state index in [4.69, 9.17) is 5.73 Å². The van der Waals surface area contributed by atoms with Crippen molar-refractivity contribution < 1.29 is 0 Å². The molecule has 1 aliphatic rings. The van der Waals surface area contributed by atoms with Crippen molar-refractivity contribution in [1.82, 2.24) is 4.90 Å². The third-order valence-electron chi connectivity index (χ3n) is 3.64. The number of benzene rings is 1. The summed E-state index contributed by atoms with van der Waals surface area (Å²) in [7, 11) is 2.15. The minimum absolute atomic E-state index is 0.877. The summed E-state index contributed by atoms with van der Waals surface area (Å²) in [6.45, 7) is 6.86. The Balaban J connectivity index is 1.89. The molecule has 0 bridgehead atoms. The molecule has 3 nitrogen and oxygen atoms in total. The van der Waals surface area contributed by atoms with Crippen molar-refractivity contribution >= 4 is 11.4 Å². The first kappa shape index (κ1) is 12.2. The van der Waals surface area contributed by atoms with Crippen LogP contribution < -0.4 is 10.6 Å². The van der Waals surface area contributed by atoms with Gasteiger partial charge in [-0.05, 0) is 56.6 Å². The van der Waals surface area contributed by atoms with Crippen LogP contribution in [-0.2, 0) is 0 Å². The second kappa shape index (κ2) is 5.41. The summed E-state index contributed by atoms with van der Waals surface area (Å²) in [6.07, 6.45) is 2.73. The first-order valence-electron chi connectivity index (χ1n) is 6.46. The molecular weight excluding hydrogens is 210 g/mol. The predicted molar refractivity (Wildman–Crippen MR) is 74.5 cm³/mol. The second-order valence-corrected chi connectivity index (χ2v) is 5.01. The fourth-order valence-electron chi connectivity index (χ4n) is 2.32. The molecule has 3 heteroatoms. The van der Waals surface area contributed by atoms with Crippen LogP contribution in [0.1, 0.15) is 18.4 Å². The van der Waals surface area contributed by atoms with Crippen molar-refractivity contribution in [3.05, 3.63) is 23.8 Å². The fourth-order valence-corrected chi connectivity index (χ4v) is 2.32. The molecule has 1 aliphatic heterocycles. The van der Waals surface area contributed by atoms with Crippen LogP contribution in [0.3, 0.4) is 0 Å². The molecular formula is C14H23N3. The van der Waals surface area contributed by atoms with Gasteiger partial charge in [0.25, 0.3) is 0 Å². The Bertz CT molecular complexity index is 370. The van der Waals surface area contributed by atoms with Gasteiger partial charge in [0.15, 0.2) is 0 Å². The van der Waals surface area contributed by atoms with Gasteiger partial charge in [0.1, 0.15) is 0 Å². The number of likely N-dealkylation sites (N-methyl/N-ethyl adjacent to an activating group) is 1. The van der Waals surface area contributed by atoms with Crippen molar-refractivity contribution in [2.24, 2.45) is 0 Å². The van der Waals surface area contributed by atoms with Gasteiger partial charge in [-0.2, -0.15) is 0 Å². The van der Waals surface area contributed by atoms with E-state index in [-0.39, 0.29) is 0 Å². The molecule has 1 saturated heterocycles. The highest BCUT2D eigenvalue weighted by molar-refractivity contribution is 5.57. The van der Waals surface area contributed by atoms with Crippen LogP contribution in [0.15, 0.2) is 18.2 Å². The normalized spacial score (nSPS) is 16.4. The van der Waals surface area contributed by atoms with E-state index >= 15 is 0 Å². The Kier molecular flexibility index (Phi) is 3.89. The molecule has 0 amide bonds. The minimum atomic E-state index is 0.877. The molecule has 0 spiro atoms. The molecule has 0 unspecified atom stereocenters. The number of nitrogens with two attached hydrogens (primary N) is 1. The van der Waals surface area contributed by atoms with Crippen LogP contribution in [0.2, 0.25) is 0 Å². The average Bonchev–Trinajstić information content (AvgIpc) is 2.82. The summed E-state index contributed by atoms with van der Waals surface area (Å²) in [4.78, 5) is 4.85. The van der Waals surface area contributed by atoms with Gasteiger partial charge < -0.3 is 15.5 Å². The van der Waals surface area contributed by atoms with E-state index in [0.29, 0.717) is 0 Å². The lowest BCUT2D eigenvalue weighted by Gasteiger charge is -2.23. The molecule has 0 aromatic heterocycles. The number of anilines is 2. The van der Waals surface area contributed by atoms with Gasteiger partial charge in [0.2, 0.25) is 0 Å². The highest BCUT2D eigenvalue weighted by Crippen LogP contribution is 2.19. The van der Waals surface area contributed by atoms with E-state index < -0.39 is 0 Å². The molecule has 0 saturated carbocycles. The maximum Gasteiger partial charge on any atom is 0.0368 e. The van der Waals surface area contributed by atoms with E-state index in [1.54, 1.807) is 0 Å². The second-order valence-electron chi connectivity index (χ2n) is 5.01. The highest BCUT2D eigenvalue weighted by atomic mass is 15.2. The van der Waals surface area contributed by atoms with Crippen LogP contribution in [0.4, 0.5) is 11.4 Å². The van der Waals surface area contributed by atoms with Crippen molar-refractivity contribution in [3.63, 3.8) is 0 Å². The van der Waals surface area contributed by atoms with Gasteiger partial charge in [-0.3, -0.25) is 0 Å². The lowest BCUT2D eigenvalue weighted by molar-refractivity contribution is 0.346. The Hall–Kier alpha value is -1.22. The Morgan fingerprint density at radius 1 is 1.29 bits per heavy atom. The van der Waals surface area contributed by atoms with Gasteiger partial charge >= 0.3 is 0 Å². The Morgan fingerprint density at radius 3 is 2.65 bits per heavy atom. The van der Waals surface area contributed by atoms with Crippen LogP contribution in [0.25, 0.3) is 0 Å². The predicted octanol–water partition coefficient (Wildman–Crippen LogP) is 2.11. The lowest BCUT2D eigenvalue weighted by atomic mass is 10.2. The van der Waals surface area contributed by atoms with Crippen LogP contribution in [0, 0.1) is 6.92 Å². The summed E-state index contributed by atoms with van der Waals surface area (Å²) in [5, 5.41) is 0. The smallest absolute Gasteiger partial charge is 0.0368 e. The van der Waals surface area contributed by atoms with E-state index in [0.717, 1.165) is 17.8 Å². The van der Waals surface area contributed by atoms with Crippen molar-refractivity contribution in [3.8, 4) is 0 Å². The van der Waals surface area contributed by atoms with Crippen molar-refractivity contribution in [2.75, 3.05) is 43.9 Å². The molecule has 1 aromatic carbocycles. The number of hydrogen-bond donors (Lipinski definition) is 1. The third-order valence-corrected chi connectivity index (χ3v) is 3.64. The Labute approximate surface area is 104 Å². The SMILES string of the molecule is Cc1cc(N(C)CCN2CCCC2)ccc1N. The summed E-state index contributed by atoms with van der Waals surface area (Å²) < 4.78 is 0. The minimum Gasteiger partial charge on any atom is -0.399 e. The van der Waals surface area contributed by atoms with Gasteiger partial charge in [-0.1, -0.05) is 0 Å². The zero-order valence-electron chi connectivity index (χ0n) is 10.9. The van der Waals surface area contributed by atoms with E-state index in [1.807, 2.05) is 6.07 Å². The summed E-state index contributed by atoms with van der Waals surface area (Å²) in [5.74, 6) is 0. The molecule has 0 radical (unpaired) electrons. The Morgan fingerprint density at radius 2 is 2.00 bits per heavy atom. The topological polar surface area (TPSA) is 32.5 Å². The first-order chi connectivity index (χ1) is 8.16. The molecule has 94 valence electrons. The van der Waals surface area contributed by atoms with Crippen LogP contribution in [-0.4, -0.2) is 38.1 Å². The number of nitrogens with zero attached hydrogens (tertiary/aromatic N) is 2. The molecule has 1 fully saturated rings. The first-order valence-corrected chi connectivity index (χ1v) is 6.46. The molecule has 2 N–H and O–H groups in total. The maximum atomic E-state index is 5.84. The third kappa shape index (κ3) is 3.13. The van der Waals surface area contributed by atoms with Gasteiger partial charge in [0.05, 0.1) is 0 Å². The lowest BCUT2D eigenvalue weighted by Crippen LogP contribution is -2.31. The molecule has 17 heavy (non-hydrogen) atoms. The molecule has 0 atom stereocenters. The number of nitrogen functional groups attached to an aromatic ring is 1. The van der Waals surface area contributed by atoms with Crippen LogP contribution >= 0.6 is 0 Å². The van der Waals surface area contributed by atoms with E-state index in [2.05, 4.69) is 35.9 Å². The summed E-state index contributed by atoms with van der Waals surface area (Å²) in [5.41, 5.74) is 9.13. The largest absolute Gasteiger partial charge is 0.399 e. The van der Waals surface area contributed by atoms with Gasteiger partial charge in [-0.25, -0.2) is 0 Å². The standard InChI is InChI=1S/C14H23N3/c1-12-11-13(5-6-14(12)15)16(2)9-10-17-7-3-4-8-17/h5-6,11H,3-4,7-10,15H2,1-2H3. The monoisotopic (exact) mass is 233 g/mol. The van der Waals surface area contributed by atoms with Crippen molar-refractivity contribution in [1.29, 1.82) is 0 Å². The van der Waals surface area contributed by atoms with Gasteiger partial charge in [0, 0.05) is 31.5 Å². The summed E-state index contributed by atoms with van der Waals surface area (Å²) >= 11 is 0. The quantitative estimate of drug-likeness (QED) is 0.808. The van der Waals surface area contributed by atoms with E-state index in [1.165, 1.54) is 38.2 Å².